The Morgan fingerprint density at radius 2 is 2.26 bits per heavy atom. The van der Waals surface area contributed by atoms with Crippen LogP contribution in [0.25, 0.3) is 0 Å². The molecule has 4 nitrogen and oxygen atoms in total. The highest BCUT2D eigenvalue weighted by Crippen LogP contribution is 2.29. The van der Waals surface area contributed by atoms with Gasteiger partial charge in [-0.05, 0) is 36.9 Å². The van der Waals surface area contributed by atoms with E-state index in [-0.39, 0.29) is 10.7 Å². The van der Waals surface area contributed by atoms with Crippen molar-refractivity contribution in [2.24, 2.45) is 5.92 Å². The Kier molecular flexibility index (Phi) is 4.42. The number of benzene rings is 1. The molecule has 0 saturated carbocycles. The Labute approximate surface area is 118 Å². The van der Waals surface area contributed by atoms with Gasteiger partial charge in [-0.1, -0.05) is 31.5 Å². The SMILES string of the molecule is CC(C)C1CCCN1Cc1ccc(Cl)c([N+](=O)[O-])c1. The summed E-state index contributed by atoms with van der Waals surface area (Å²) >= 11 is 5.83. The number of nitro benzene ring substituents is 1. The van der Waals surface area contributed by atoms with Gasteiger partial charge in [-0.25, -0.2) is 0 Å². The van der Waals surface area contributed by atoms with Crippen LogP contribution in [0.1, 0.15) is 32.3 Å². The Balaban J connectivity index is 2.15. The first-order chi connectivity index (χ1) is 8.99. The van der Waals surface area contributed by atoms with Crippen molar-refractivity contribution >= 4 is 17.3 Å². The molecule has 1 unspecified atom stereocenters. The summed E-state index contributed by atoms with van der Waals surface area (Å²) in [5, 5.41) is 11.1. The minimum Gasteiger partial charge on any atom is -0.296 e. The lowest BCUT2D eigenvalue weighted by Gasteiger charge is -2.27. The van der Waals surface area contributed by atoms with Crippen LogP contribution in [0.15, 0.2) is 18.2 Å². The van der Waals surface area contributed by atoms with Gasteiger partial charge in [0.2, 0.25) is 0 Å². The zero-order valence-electron chi connectivity index (χ0n) is 11.3. The highest BCUT2D eigenvalue weighted by atomic mass is 35.5. The van der Waals surface area contributed by atoms with Crippen molar-refractivity contribution in [1.82, 2.24) is 4.90 Å². The molecule has 104 valence electrons. The molecule has 2 rings (SSSR count). The summed E-state index contributed by atoms with van der Waals surface area (Å²) < 4.78 is 0. The fourth-order valence-electron chi connectivity index (χ4n) is 2.83. The van der Waals surface area contributed by atoms with Crippen molar-refractivity contribution < 1.29 is 4.92 Å². The van der Waals surface area contributed by atoms with Gasteiger partial charge >= 0.3 is 0 Å². The molecule has 1 aromatic rings. The van der Waals surface area contributed by atoms with Gasteiger partial charge in [-0.3, -0.25) is 15.0 Å². The lowest BCUT2D eigenvalue weighted by atomic mass is 10.0. The molecule has 1 aliphatic rings. The molecule has 1 saturated heterocycles. The number of nitro groups is 1. The van der Waals surface area contributed by atoms with Crippen LogP contribution in [0.5, 0.6) is 0 Å². The molecule has 0 N–H and O–H groups in total. The van der Waals surface area contributed by atoms with E-state index in [1.54, 1.807) is 12.1 Å². The topological polar surface area (TPSA) is 46.4 Å². The maximum atomic E-state index is 10.9. The molecule has 1 heterocycles. The predicted octanol–water partition coefficient (Wildman–Crippen LogP) is 3.87. The van der Waals surface area contributed by atoms with Crippen LogP contribution in [0.2, 0.25) is 5.02 Å². The molecular formula is C14H19ClN2O2. The van der Waals surface area contributed by atoms with Crippen LogP contribution in [-0.2, 0) is 6.54 Å². The summed E-state index contributed by atoms with van der Waals surface area (Å²) in [5.41, 5.74) is 0.961. The molecule has 0 aliphatic carbocycles. The van der Waals surface area contributed by atoms with Gasteiger partial charge in [0, 0.05) is 18.7 Å². The monoisotopic (exact) mass is 282 g/mol. The van der Waals surface area contributed by atoms with Crippen LogP contribution >= 0.6 is 11.6 Å². The minimum atomic E-state index is -0.421. The van der Waals surface area contributed by atoms with Crippen molar-refractivity contribution in [2.75, 3.05) is 6.54 Å². The zero-order chi connectivity index (χ0) is 14.0. The summed E-state index contributed by atoms with van der Waals surface area (Å²) in [4.78, 5) is 12.9. The predicted molar refractivity (Wildman–Crippen MR) is 76.4 cm³/mol. The molecule has 0 radical (unpaired) electrons. The maximum absolute atomic E-state index is 10.9. The largest absolute Gasteiger partial charge is 0.296 e. The molecule has 19 heavy (non-hydrogen) atoms. The second-order valence-electron chi connectivity index (χ2n) is 5.47. The number of halogens is 1. The van der Waals surface area contributed by atoms with E-state index in [0.29, 0.717) is 12.0 Å². The molecule has 5 heteroatoms. The van der Waals surface area contributed by atoms with Gasteiger partial charge in [-0.2, -0.15) is 0 Å². The number of likely N-dealkylation sites (tertiary alicyclic amines) is 1. The van der Waals surface area contributed by atoms with Crippen molar-refractivity contribution in [2.45, 2.75) is 39.3 Å². The van der Waals surface area contributed by atoms with Crippen LogP contribution in [0.3, 0.4) is 0 Å². The third kappa shape index (κ3) is 3.25. The molecule has 0 aromatic heterocycles. The Morgan fingerprint density at radius 1 is 1.53 bits per heavy atom. The van der Waals surface area contributed by atoms with Gasteiger partial charge in [-0.15, -0.1) is 0 Å². The Morgan fingerprint density at radius 3 is 2.89 bits per heavy atom. The number of nitrogens with zero attached hydrogens (tertiary/aromatic N) is 2. The lowest BCUT2D eigenvalue weighted by Crippen LogP contribution is -2.32. The summed E-state index contributed by atoms with van der Waals surface area (Å²) in [6, 6.07) is 5.67. The van der Waals surface area contributed by atoms with Crippen molar-refractivity contribution in [3.63, 3.8) is 0 Å². The second kappa shape index (κ2) is 5.88. The third-order valence-electron chi connectivity index (χ3n) is 3.78. The van der Waals surface area contributed by atoms with Crippen LogP contribution in [0.4, 0.5) is 5.69 Å². The number of hydrogen-bond donors (Lipinski definition) is 0. The molecule has 0 bridgehead atoms. The Hall–Kier alpha value is -1.13. The van der Waals surface area contributed by atoms with Crippen molar-refractivity contribution in [1.29, 1.82) is 0 Å². The van der Waals surface area contributed by atoms with E-state index in [2.05, 4.69) is 18.7 Å². The number of rotatable bonds is 4. The third-order valence-corrected chi connectivity index (χ3v) is 4.10. The van der Waals surface area contributed by atoms with Gasteiger partial charge in [0.1, 0.15) is 5.02 Å². The number of hydrogen-bond acceptors (Lipinski definition) is 3. The standard InChI is InChI=1S/C14H19ClN2O2/c1-10(2)13-4-3-7-16(13)9-11-5-6-12(15)14(8-11)17(18)19/h5-6,8,10,13H,3-4,7,9H2,1-2H3. The maximum Gasteiger partial charge on any atom is 0.288 e. The fraction of sp³-hybridized carbons (Fsp3) is 0.571. The normalized spacial score (nSPS) is 20.1. The van der Waals surface area contributed by atoms with E-state index >= 15 is 0 Å². The molecule has 0 amide bonds. The van der Waals surface area contributed by atoms with E-state index < -0.39 is 4.92 Å². The molecule has 1 fully saturated rings. The molecule has 1 aromatic carbocycles. The van der Waals surface area contributed by atoms with Crippen molar-refractivity contribution in [3.8, 4) is 0 Å². The van der Waals surface area contributed by atoms with Crippen LogP contribution in [-0.4, -0.2) is 22.4 Å². The first-order valence-corrected chi connectivity index (χ1v) is 7.03. The van der Waals surface area contributed by atoms with Gasteiger partial charge < -0.3 is 0 Å². The van der Waals surface area contributed by atoms with E-state index in [9.17, 15) is 10.1 Å². The van der Waals surface area contributed by atoms with Crippen LogP contribution in [0, 0.1) is 16.0 Å². The van der Waals surface area contributed by atoms with E-state index in [1.807, 2.05) is 6.07 Å². The summed E-state index contributed by atoms with van der Waals surface area (Å²) in [6.45, 7) is 6.29. The highest BCUT2D eigenvalue weighted by molar-refractivity contribution is 6.32. The quantitative estimate of drug-likeness (QED) is 0.622. The zero-order valence-corrected chi connectivity index (χ0v) is 12.1. The average Bonchev–Trinajstić information content (AvgIpc) is 2.79. The van der Waals surface area contributed by atoms with E-state index in [0.717, 1.165) is 18.7 Å². The van der Waals surface area contributed by atoms with Gasteiger partial charge in [0.25, 0.3) is 5.69 Å². The first kappa shape index (κ1) is 14.3. The second-order valence-corrected chi connectivity index (χ2v) is 5.87. The summed E-state index contributed by atoms with van der Waals surface area (Å²) in [6.07, 6.45) is 2.42. The summed E-state index contributed by atoms with van der Waals surface area (Å²) in [7, 11) is 0. The average molecular weight is 283 g/mol. The first-order valence-electron chi connectivity index (χ1n) is 6.66. The molecular weight excluding hydrogens is 264 g/mol. The van der Waals surface area contributed by atoms with Crippen LogP contribution < -0.4 is 0 Å². The molecule has 1 aliphatic heterocycles. The molecule has 0 spiro atoms. The van der Waals surface area contributed by atoms with Gasteiger partial charge in [0.15, 0.2) is 0 Å². The summed E-state index contributed by atoms with van der Waals surface area (Å²) in [5.74, 6) is 0.616. The fourth-order valence-corrected chi connectivity index (χ4v) is 3.02. The van der Waals surface area contributed by atoms with Crippen molar-refractivity contribution in [3.05, 3.63) is 38.9 Å². The van der Waals surface area contributed by atoms with E-state index in [1.165, 1.54) is 12.8 Å². The highest BCUT2D eigenvalue weighted by Gasteiger charge is 2.27. The lowest BCUT2D eigenvalue weighted by molar-refractivity contribution is -0.384. The van der Waals surface area contributed by atoms with Gasteiger partial charge in [0.05, 0.1) is 4.92 Å². The molecule has 1 atom stereocenters. The Bertz CT molecular complexity index is 477. The smallest absolute Gasteiger partial charge is 0.288 e. The van der Waals surface area contributed by atoms with E-state index in [4.69, 9.17) is 11.6 Å². The minimum absolute atomic E-state index is 0.000499.